The summed E-state index contributed by atoms with van der Waals surface area (Å²) < 4.78 is 5.13. The minimum absolute atomic E-state index is 0.00667. The summed E-state index contributed by atoms with van der Waals surface area (Å²) in [6.07, 6.45) is 0.00667. The molecule has 1 heterocycles. The summed E-state index contributed by atoms with van der Waals surface area (Å²) in [6, 6.07) is 3.82. The van der Waals surface area contributed by atoms with Gasteiger partial charge in [-0.15, -0.1) is 0 Å². The second kappa shape index (κ2) is 3.54. The van der Waals surface area contributed by atoms with Crippen LogP contribution >= 0.6 is 0 Å². The fourth-order valence-electron chi connectivity index (χ4n) is 1.05. The molecule has 0 amide bonds. The molecule has 1 atom stereocenters. The normalized spacial score (nSPS) is 12.9. The van der Waals surface area contributed by atoms with Gasteiger partial charge in [-0.25, -0.2) is 4.98 Å². The predicted octanol–water partition coefficient (Wildman–Crippen LogP) is 1.68. The van der Waals surface area contributed by atoms with Gasteiger partial charge in [0.1, 0.15) is 5.82 Å². The van der Waals surface area contributed by atoms with E-state index in [1.165, 1.54) is 0 Å². The molecule has 12 heavy (non-hydrogen) atoms. The molecule has 1 aromatic rings. The Morgan fingerprint density at radius 2 is 2.17 bits per heavy atom. The average molecular weight is 166 g/mol. The molecule has 1 aromatic heterocycles. The van der Waals surface area contributed by atoms with Crippen molar-refractivity contribution in [2.45, 2.75) is 20.0 Å². The summed E-state index contributed by atoms with van der Waals surface area (Å²) in [4.78, 5) is 4.16. The van der Waals surface area contributed by atoms with Gasteiger partial charge in [0.2, 0.25) is 0 Å². The fraction of sp³-hybridized carbons (Fsp3) is 0.444. The topological polar surface area (TPSA) is 48.1 Å². The number of hydrogen-bond acceptors (Lipinski definition) is 3. The number of pyridine rings is 1. The molecule has 0 aliphatic carbocycles. The van der Waals surface area contributed by atoms with Gasteiger partial charge in [-0.05, 0) is 31.5 Å². The molecule has 3 nitrogen and oxygen atoms in total. The van der Waals surface area contributed by atoms with Crippen LogP contribution in [0.25, 0.3) is 0 Å². The number of nitrogen functional groups attached to an aromatic ring is 1. The molecule has 2 N–H and O–H groups in total. The molecule has 1 rings (SSSR count). The number of rotatable bonds is 2. The number of nitrogens with two attached hydrogens (primary N) is 1. The van der Waals surface area contributed by atoms with Gasteiger partial charge < -0.3 is 10.5 Å². The van der Waals surface area contributed by atoms with Crippen molar-refractivity contribution < 1.29 is 4.74 Å². The quantitative estimate of drug-likeness (QED) is 0.727. The molecule has 66 valence electrons. The maximum absolute atomic E-state index is 5.59. The summed E-state index contributed by atoms with van der Waals surface area (Å²) in [5.74, 6) is 0.550. The Labute approximate surface area is 72.6 Å². The van der Waals surface area contributed by atoms with Crippen LogP contribution in [0.5, 0.6) is 0 Å². The Morgan fingerprint density at radius 1 is 1.50 bits per heavy atom. The molecule has 0 aliphatic heterocycles. The van der Waals surface area contributed by atoms with E-state index in [2.05, 4.69) is 4.98 Å². The molecule has 3 heteroatoms. The Hall–Kier alpha value is -1.09. The van der Waals surface area contributed by atoms with Crippen LogP contribution in [0.1, 0.15) is 24.3 Å². The highest BCUT2D eigenvalue weighted by atomic mass is 16.5. The van der Waals surface area contributed by atoms with Gasteiger partial charge in [0, 0.05) is 7.11 Å². The number of anilines is 1. The number of aryl methyl sites for hydroxylation is 1. The number of aromatic nitrogens is 1. The van der Waals surface area contributed by atoms with Crippen LogP contribution in [0.15, 0.2) is 12.1 Å². The van der Waals surface area contributed by atoms with Crippen LogP contribution in [0.4, 0.5) is 5.82 Å². The van der Waals surface area contributed by atoms with Crippen molar-refractivity contribution in [3.8, 4) is 0 Å². The lowest BCUT2D eigenvalue weighted by Crippen LogP contribution is -2.02. The van der Waals surface area contributed by atoms with Gasteiger partial charge in [0.05, 0.1) is 11.8 Å². The summed E-state index contributed by atoms with van der Waals surface area (Å²) in [6.45, 7) is 3.94. The third-order valence-electron chi connectivity index (χ3n) is 1.78. The molecular formula is C9H14N2O. The van der Waals surface area contributed by atoms with E-state index in [0.717, 1.165) is 11.3 Å². The number of hydrogen-bond donors (Lipinski definition) is 1. The molecule has 0 radical (unpaired) electrons. The zero-order valence-corrected chi connectivity index (χ0v) is 7.66. The van der Waals surface area contributed by atoms with Crippen molar-refractivity contribution in [3.63, 3.8) is 0 Å². The molecule has 0 saturated heterocycles. The second-order valence-electron chi connectivity index (χ2n) is 2.87. The summed E-state index contributed by atoms with van der Waals surface area (Å²) >= 11 is 0. The van der Waals surface area contributed by atoms with E-state index in [1.54, 1.807) is 7.11 Å². The van der Waals surface area contributed by atoms with E-state index in [4.69, 9.17) is 10.5 Å². The molecule has 0 saturated carbocycles. The first-order valence-corrected chi connectivity index (χ1v) is 3.90. The van der Waals surface area contributed by atoms with Crippen LogP contribution in [0.2, 0.25) is 0 Å². The average Bonchev–Trinajstić information content (AvgIpc) is 2.01. The first-order chi connectivity index (χ1) is 5.63. The van der Waals surface area contributed by atoms with Crippen LogP contribution in [-0.4, -0.2) is 12.1 Å². The lowest BCUT2D eigenvalue weighted by molar-refractivity contribution is 0.116. The number of nitrogens with zero attached hydrogens (tertiary/aromatic N) is 1. The van der Waals surface area contributed by atoms with E-state index >= 15 is 0 Å². The standard InChI is InChI=1S/C9H14N2O/c1-6-4-8(7(2)12-3)11-9(10)5-6/h4-5,7H,1-3H3,(H2,10,11). The van der Waals surface area contributed by atoms with Crippen molar-refractivity contribution in [2.24, 2.45) is 0 Å². The monoisotopic (exact) mass is 166 g/mol. The Morgan fingerprint density at radius 3 is 2.67 bits per heavy atom. The van der Waals surface area contributed by atoms with E-state index in [9.17, 15) is 0 Å². The largest absolute Gasteiger partial charge is 0.384 e. The highest BCUT2D eigenvalue weighted by Gasteiger charge is 2.05. The highest BCUT2D eigenvalue weighted by Crippen LogP contribution is 2.16. The third-order valence-corrected chi connectivity index (χ3v) is 1.78. The Kier molecular flexibility index (Phi) is 2.65. The van der Waals surface area contributed by atoms with Gasteiger partial charge in [-0.2, -0.15) is 0 Å². The third kappa shape index (κ3) is 1.95. The lowest BCUT2D eigenvalue weighted by Gasteiger charge is -2.09. The van der Waals surface area contributed by atoms with E-state index in [0.29, 0.717) is 5.82 Å². The first kappa shape index (κ1) is 9.00. The predicted molar refractivity (Wildman–Crippen MR) is 48.8 cm³/mol. The Bertz CT molecular complexity index is 253. The van der Waals surface area contributed by atoms with Crippen molar-refractivity contribution in [1.29, 1.82) is 0 Å². The smallest absolute Gasteiger partial charge is 0.123 e. The molecular weight excluding hydrogens is 152 g/mol. The highest BCUT2D eigenvalue weighted by molar-refractivity contribution is 5.34. The summed E-state index contributed by atoms with van der Waals surface area (Å²) in [7, 11) is 1.66. The molecule has 0 fully saturated rings. The van der Waals surface area contributed by atoms with Crippen molar-refractivity contribution >= 4 is 5.82 Å². The van der Waals surface area contributed by atoms with Gasteiger partial charge in [-0.3, -0.25) is 0 Å². The summed E-state index contributed by atoms with van der Waals surface area (Å²) in [5, 5.41) is 0. The SMILES string of the molecule is COC(C)c1cc(C)cc(N)n1. The zero-order chi connectivity index (χ0) is 9.14. The molecule has 1 unspecified atom stereocenters. The van der Waals surface area contributed by atoms with Gasteiger partial charge in [0.25, 0.3) is 0 Å². The molecule has 0 spiro atoms. The van der Waals surface area contributed by atoms with Crippen molar-refractivity contribution in [1.82, 2.24) is 4.98 Å². The van der Waals surface area contributed by atoms with Crippen LogP contribution in [0, 0.1) is 6.92 Å². The van der Waals surface area contributed by atoms with Crippen LogP contribution in [-0.2, 0) is 4.74 Å². The second-order valence-corrected chi connectivity index (χ2v) is 2.87. The number of methoxy groups -OCH3 is 1. The maximum Gasteiger partial charge on any atom is 0.123 e. The van der Waals surface area contributed by atoms with Crippen LogP contribution < -0.4 is 5.73 Å². The Balaban J connectivity index is 3.00. The fourth-order valence-corrected chi connectivity index (χ4v) is 1.05. The van der Waals surface area contributed by atoms with E-state index in [-0.39, 0.29) is 6.10 Å². The van der Waals surface area contributed by atoms with Gasteiger partial charge >= 0.3 is 0 Å². The van der Waals surface area contributed by atoms with Gasteiger partial charge in [-0.1, -0.05) is 0 Å². The molecule has 0 aliphatic rings. The van der Waals surface area contributed by atoms with Crippen molar-refractivity contribution in [3.05, 3.63) is 23.4 Å². The first-order valence-electron chi connectivity index (χ1n) is 3.90. The van der Waals surface area contributed by atoms with E-state index in [1.807, 2.05) is 26.0 Å². The molecule has 0 bridgehead atoms. The minimum atomic E-state index is 0.00667. The number of ether oxygens (including phenoxy) is 1. The minimum Gasteiger partial charge on any atom is -0.384 e. The van der Waals surface area contributed by atoms with Crippen LogP contribution in [0.3, 0.4) is 0 Å². The molecule has 0 aromatic carbocycles. The van der Waals surface area contributed by atoms with E-state index < -0.39 is 0 Å². The lowest BCUT2D eigenvalue weighted by atomic mass is 10.2. The van der Waals surface area contributed by atoms with Gasteiger partial charge in [0.15, 0.2) is 0 Å². The zero-order valence-electron chi connectivity index (χ0n) is 7.66. The van der Waals surface area contributed by atoms with Crippen molar-refractivity contribution in [2.75, 3.05) is 12.8 Å². The maximum atomic E-state index is 5.59. The summed E-state index contributed by atoms with van der Waals surface area (Å²) in [5.41, 5.74) is 7.58.